The van der Waals surface area contributed by atoms with E-state index < -0.39 is 0 Å². The van der Waals surface area contributed by atoms with Crippen molar-refractivity contribution in [1.29, 1.82) is 0 Å². The lowest BCUT2D eigenvalue weighted by molar-refractivity contribution is 0.354. The van der Waals surface area contributed by atoms with Crippen molar-refractivity contribution in [1.82, 2.24) is 0 Å². The molecular weight excluding hydrogens is 367 g/mol. The highest BCUT2D eigenvalue weighted by Gasteiger charge is 2.45. The molecule has 4 aromatic rings. The van der Waals surface area contributed by atoms with Gasteiger partial charge in [-0.3, -0.25) is 0 Å². The second-order valence-corrected chi connectivity index (χ2v) is 8.58. The Bertz CT molecular complexity index is 1450. The zero-order valence-corrected chi connectivity index (χ0v) is 16.7. The van der Waals surface area contributed by atoms with Gasteiger partial charge in [-0.25, -0.2) is 0 Å². The number of hydrogen-bond donors (Lipinski definition) is 0. The van der Waals surface area contributed by atoms with E-state index in [0.29, 0.717) is 5.92 Å². The van der Waals surface area contributed by atoms with Gasteiger partial charge < -0.3 is 9.47 Å². The van der Waals surface area contributed by atoms with Crippen LogP contribution in [0.25, 0.3) is 21.5 Å². The Hall–Kier alpha value is -3.46. The van der Waals surface area contributed by atoms with Gasteiger partial charge in [-0.2, -0.15) is 0 Å². The first kappa shape index (κ1) is 16.4. The summed E-state index contributed by atoms with van der Waals surface area (Å²) in [5, 5.41) is 4.99. The Morgan fingerprint density at radius 2 is 1.33 bits per heavy atom. The van der Waals surface area contributed by atoms with Crippen molar-refractivity contribution in [2.45, 2.75) is 13.3 Å². The lowest BCUT2D eigenvalue weighted by atomic mass is 9.32. The van der Waals surface area contributed by atoms with Gasteiger partial charge in [0, 0.05) is 11.9 Å². The number of benzene rings is 4. The first-order valence-corrected chi connectivity index (χ1v) is 10.6. The van der Waals surface area contributed by atoms with E-state index in [1.165, 1.54) is 37.9 Å². The summed E-state index contributed by atoms with van der Waals surface area (Å²) in [5.41, 5.74) is 3.72. The predicted octanol–water partition coefficient (Wildman–Crippen LogP) is 5.10. The van der Waals surface area contributed by atoms with Crippen molar-refractivity contribution in [3.63, 3.8) is 0 Å². The number of fused-ring (bicyclic) bond motifs is 8. The maximum atomic E-state index is 6.54. The van der Waals surface area contributed by atoms with Gasteiger partial charge in [0.15, 0.2) is 0 Å². The highest BCUT2D eigenvalue weighted by atomic mass is 16.5. The van der Waals surface area contributed by atoms with Crippen LogP contribution in [0.3, 0.4) is 0 Å². The molecule has 1 unspecified atom stereocenters. The lowest BCUT2D eigenvalue weighted by Gasteiger charge is -2.38. The van der Waals surface area contributed by atoms with E-state index in [9.17, 15) is 0 Å². The third-order valence-corrected chi connectivity index (χ3v) is 6.69. The molecule has 0 aromatic heterocycles. The maximum Gasteiger partial charge on any atom is 0.261 e. The van der Waals surface area contributed by atoms with Gasteiger partial charge in [-0.05, 0) is 56.6 Å². The molecule has 2 aliphatic heterocycles. The zero-order valence-electron chi connectivity index (χ0n) is 16.7. The molecule has 0 fully saturated rings. The molecule has 4 aromatic carbocycles. The fourth-order valence-corrected chi connectivity index (χ4v) is 5.44. The van der Waals surface area contributed by atoms with Gasteiger partial charge >= 0.3 is 0 Å². The van der Waals surface area contributed by atoms with Crippen LogP contribution in [-0.4, -0.2) is 6.71 Å². The molecule has 2 heterocycles. The van der Waals surface area contributed by atoms with Crippen molar-refractivity contribution in [2.75, 3.05) is 0 Å². The monoisotopic (exact) mass is 386 g/mol. The molecule has 0 N–H and O–H groups in total. The lowest BCUT2D eigenvalue weighted by Crippen LogP contribution is -2.53. The van der Waals surface area contributed by atoms with E-state index in [2.05, 4.69) is 85.8 Å². The number of hydrogen-bond acceptors (Lipinski definition) is 2. The first-order valence-electron chi connectivity index (χ1n) is 10.6. The number of allylic oxidation sites excluding steroid dienone is 3. The molecule has 7 rings (SSSR count). The highest BCUT2D eigenvalue weighted by molar-refractivity contribution is 6.96. The summed E-state index contributed by atoms with van der Waals surface area (Å²) in [6.45, 7) is 2.34. The summed E-state index contributed by atoms with van der Waals surface area (Å²) >= 11 is 0. The normalized spacial score (nSPS) is 18.9. The molecule has 0 spiro atoms. The molecule has 142 valence electrons. The first-order chi connectivity index (χ1) is 14.8. The van der Waals surface area contributed by atoms with E-state index in [0.717, 1.165) is 29.4 Å². The molecular formula is C27H19BO2. The van der Waals surface area contributed by atoms with Gasteiger partial charge in [0.1, 0.15) is 23.0 Å². The molecule has 0 saturated heterocycles. The average molecular weight is 386 g/mol. The molecule has 0 amide bonds. The fourth-order valence-electron chi connectivity index (χ4n) is 5.44. The molecule has 0 bridgehead atoms. The fraction of sp³-hybridized carbons (Fsp3) is 0.111. The molecule has 3 aliphatic rings. The van der Waals surface area contributed by atoms with E-state index in [-0.39, 0.29) is 6.71 Å². The van der Waals surface area contributed by atoms with Crippen LogP contribution in [-0.2, 0) is 0 Å². The molecule has 1 aliphatic carbocycles. The van der Waals surface area contributed by atoms with Crippen LogP contribution in [0.5, 0.6) is 11.5 Å². The smallest absolute Gasteiger partial charge is 0.261 e. The molecule has 3 heteroatoms. The third kappa shape index (κ3) is 2.10. The molecule has 30 heavy (non-hydrogen) atoms. The maximum absolute atomic E-state index is 6.54. The molecule has 0 radical (unpaired) electrons. The van der Waals surface area contributed by atoms with Crippen LogP contribution in [0, 0.1) is 5.92 Å². The zero-order chi connectivity index (χ0) is 19.8. The minimum atomic E-state index is 0.114. The molecule has 1 atom stereocenters. The van der Waals surface area contributed by atoms with E-state index in [4.69, 9.17) is 9.47 Å². The Morgan fingerprint density at radius 3 is 2.00 bits per heavy atom. The summed E-state index contributed by atoms with van der Waals surface area (Å²) in [6.07, 6.45) is 3.18. The summed E-state index contributed by atoms with van der Waals surface area (Å²) in [5.74, 6) is 4.36. The number of ether oxygens (including phenoxy) is 2. The Morgan fingerprint density at radius 1 is 0.733 bits per heavy atom. The van der Waals surface area contributed by atoms with Crippen molar-refractivity contribution in [3.05, 3.63) is 95.9 Å². The Balaban J connectivity index is 1.65. The van der Waals surface area contributed by atoms with Crippen LogP contribution < -0.4 is 20.4 Å². The quantitative estimate of drug-likeness (QED) is 0.392. The van der Waals surface area contributed by atoms with Crippen molar-refractivity contribution in [3.8, 4) is 11.5 Å². The third-order valence-electron chi connectivity index (χ3n) is 6.69. The summed E-state index contributed by atoms with van der Waals surface area (Å²) in [4.78, 5) is 0. The second kappa shape index (κ2) is 5.79. The van der Waals surface area contributed by atoms with Crippen LogP contribution in [0.2, 0.25) is 0 Å². The SMILES string of the molecule is CC1C=C2Oc3ccc4ccccc4c3B3C2=C(C1)Oc1ccc2ccccc2c13. The second-order valence-electron chi connectivity index (χ2n) is 8.58. The van der Waals surface area contributed by atoms with Gasteiger partial charge in [0.05, 0.1) is 0 Å². The minimum Gasteiger partial charge on any atom is -0.463 e. The van der Waals surface area contributed by atoms with Gasteiger partial charge in [-0.1, -0.05) is 67.6 Å². The van der Waals surface area contributed by atoms with Crippen molar-refractivity contribution in [2.24, 2.45) is 5.92 Å². The predicted molar refractivity (Wildman–Crippen MR) is 123 cm³/mol. The molecule has 0 saturated carbocycles. The Kier molecular flexibility index (Phi) is 3.16. The van der Waals surface area contributed by atoms with E-state index in [1.54, 1.807) is 0 Å². The van der Waals surface area contributed by atoms with Crippen LogP contribution in [0.1, 0.15) is 13.3 Å². The Labute approximate surface area is 175 Å². The summed E-state index contributed by atoms with van der Waals surface area (Å²) in [7, 11) is 0. The standard InChI is InChI=1S/C27H19BO2/c1-16-14-23-27-24(15-16)30-22-13-11-18-7-3-5-9-20(18)26(22)28(27)25-19-8-4-2-6-17(19)10-12-21(25)29-23/h2-14,16H,15H2,1H3. The average Bonchev–Trinajstić information content (AvgIpc) is 2.78. The highest BCUT2D eigenvalue weighted by Crippen LogP contribution is 2.42. The van der Waals surface area contributed by atoms with Gasteiger partial charge in [0.2, 0.25) is 0 Å². The molecule has 2 nitrogen and oxygen atoms in total. The summed E-state index contributed by atoms with van der Waals surface area (Å²) < 4.78 is 13.0. The van der Waals surface area contributed by atoms with E-state index in [1.807, 2.05) is 0 Å². The van der Waals surface area contributed by atoms with E-state index >= 15 is 0 Å². The van der Waals surface area contributed by atoms with Gasteiger partial charge in [-0.15, -0.1) is 0 Å². The number of rotatable bonds is 0. The van der Waals surface area contributed by atoms with Gasteiger partial charge in [0.25, 0.3) is 6.71 Å². The summed E-state index contributed by atoms with van der Waals surface area (Å²) in [6, 6.07) is 25.9. The van der Waals surface area contributed by atoms with Crippen LogP contribution >= 0.6 is 0 Å². The minimum absolute atomic E-state index is 0.114. The van der Waals surface area contributed by atoms with Crippen molar-refractivity contribution < 1.29 is 9.47 Å². The van der Waals surface area contributed by atoms with Crippen molar-refractivity contribution >= 4 is 39.2 Å². The topological polar surface area (TPSA) is 18.5 Å². The largest absolute Gasteiger partial charge is 0.463 e. The van der Waals surface area contributed by atoms with Crippen LogP contribution in [0.4, 0.5) is 0 Å². The van der Waals surface area contributed by atoms with Crippen LogP contribution in [0.15, 0.2) is 95.9 Å².